The van der Waals surface area contributed by atoms with Crippen molar-refractivity contribution in [3.8, 4) is 11.5 Å². The van der Waals surface area contributed by atoms with Crippen molar-refractivity contribution in [3.05, 3.63) is 52.0 Å². The van der Waals surface area contributed by atoms with Crippen LogP contribution >= 0.6 is 11.6 Å². The van der Waals surface area contributed by atoms with Crippen molar-refractivity contribution >= 4 is 27.5 Å². The van der Waals surface area contributed by atoms with Crippen LogP contribution < -0.4 is 9.47 Å². The number of halogens is 1. The van der Waals surface area contributed by atoms with Crippen LogP contribution in [-0.2, 0) is 10.0 Å². The number of rotatable bonds is 6. The Bertz CT molecular complexity index is 1110. The molecule has 0 saturated carbocycles. The van der Waals surface area contributed by atoms with Gasteiger partial charge in [-0.05, 0) is 51.5 Å². The Kier molecular flexibility index (Phi) is 7.37. The van der Waals surface area contributed by atoms with E-state index in [0.717, 1.165) is 5.56 Å². The van der Waals surface area contributed by atoms with Gasteiger partial charge < -0.3 is 14.4 Å². The molecule has 0 unspecified atom stereocenters. The molecule has 2 aromatic carbocycles. The maximum Gasteiger partial charge on any atom is 0.254 e. The molecular weight excluding hydrogens is 452 g/mol. The van der Waals surface area contributed by atoms with Crippen LogP contribution in [0.4, 0.5) is 0 Å². The Morgan fingerprint density at radius 2 is 1.72 bits per heavy atom. The highest BCUT2D eigenvalue weighted by Gasteiger charge is 2.32. The van der Waals surface area contributed by atoms with Gasteiger partial charge in [-0.1, -0.05) is 29.3 Å². The predicted octanol–water partition coefficient (Wildman–Crippen LogP) is 3.90. The van der Waals surface area contributed by atoms with Crippen molar-refractivity contribution in [2.24, 2.45) is 0 Å². The Morgan fingerprint density at radius 3 is 2.28 bits per heavy atom. The summed E-state index contributed by atoms with van der Waals surface area (Å²) < 4.78 is 38.7. The number of benzene rings is 2. The summed E-state index contributed by atoms with van der Waals surface area (Å²) in [5.74, 6) is 0.542. The summed E-state index contributed by atoms with van der Waals surface area (Å²) in [6.45, 7) is 8.49. The fourth-order valence-electron chi connectivity index (χ4n) is 3.74. The number of sulfonamides is 1. The van der Waals surface area contributed by atoms with E-state index in [2.05, 4.69) is 0 Å². The topological polar surface area (TPSA) is 76.2 Å². The molecule has 1 amide bonds. The van der Waals surface area contributed by atoms with Crippen molar-refractivity contribution in [3.63, 3.8) is 0 Å². The summed E-state index contributed by atoms with van der Waals surface area (Å²) in [5.41, 5.74) is 2.10. The second-order valence-corrected chi connectivity index (χ2v) is 10.4. The molecule has 9 heteroatoms. The lowest BCUT2D eigenvalue weighted by molar-refractivity contribution is 0.0697. The normalized spacial score (nSPS) is 15.2. The fourth-order valence-corrected chi connectivity index (χ4v) is 5.62. The maximum absolute atomic E-state index is 13.1. The van der Waals surface area contributed by atoms with Crippen LogP contribution in [0, 0.1) is 13.8 Å². The van der Waals surface area contributed by atoms with E-state index in [0.29, 0.717) is 27.5 Å². The minimum atomic E-state index is -3.62. The molecule has 3 rings (SSSR count). The molecule has 174 valence electrons. The summed E-state index contributed by atoms with van der Waals surface area (Å²) in [6.07, 6.45) is -0.102. The highest BCUT2D eigenvalue weighted by atomic mass is 35.5. The molecule has 0 aliphatic carbocycles. The monoisotopic (exact) mass is 480 g/mol. The Hall–Kier alpha value is -2.29. The second-order valence-electron chi connectivity index (χ2n) is 8.12. The molecule has 0 spiro atoms. The molecule has 0 bridgehead atoms. The number of carbonyl (C=O) groups excluding carboxylic acids is 1. The lowest BCUT2D eigenvalue weighted by Crippen LogP contribution is -2.50. The molecule has 0 atom stereocenters. The number of amides is 1. The van der Waals surface area contributed by atoms with Crippen LogP contribution in [0.5, 0.6) is 11.5 Å². The fraction of sp³-hybridized carbons (Fsp3) is 0.435. The van der Waals surface area contributed by atoms with Crippen LogP contribution in [-0.4, -0.2) is 62.9 Å². The Morgan fingerprint density at radius 1 is 1.06 bits per heavy atom. The van der Waals surface area contributed by atoms with E-state index in [9.17, 15) is 13.2 Å². The number of carbonyl (C=O) groups is 1. The predicted molar refractivity (Wildman–Crippen MR) is 124 cm³/mol. The quantitative estimate of drug-likeness (QED) is 0.626. The molecule has 1 aliphatic rings. The van der Waals surface area contributed by atoms with Gasteiger partial charge in [0.15, 0.2) is 11.5 Å². The molecule has 2 aromatic rings. The van der Waals surface area contributed by atoms with Gasteiger partial charge in [0.05, 0.1) is 23.1 Å². The summed E-state index contributed by atoms with van der Waals surface area (Å²) in [7, 11) is -2.13. The smallest absolute Gasteiger partial charge is 0.254 e. The zero-order chi connectivity index (χ0) is 23.6. The van der Waals surface area contributed by atoms with Crippen molar-refractivity contribution in [1.29, 1.82) is 0 Å². The number of ether oxygens (including phenoxy) is 2. The summed E-state index contributed by atoms with van der Waals surface area (Å²) in [5, 5.41) is 0.289. The molecule has 0 radical (unpaired) electrons. The van der Waals surface area contributed by atoms with E-state index < -0.39 is 10.0 Å². The van der Waals surface area contributed by atoms with Crippen molar-refractivity contribution in [2.45, 2.75) is 38.7 Å². The number of hydrogen-bond donors (Lipinski definition) is 0. The lowest BCUT2D eigenvalue weighted by Gasteiger charge is -2.34. The Labute approximate surface area is 194 Å². The maximum atomic E-state index is 13.1. The van der Waals surface area contributed by atoms with E-state index in [1.165, 1.54) is 11.4 Å². The third kappa shape index (κ3) is 5.03. The third-order valence-electron chi connectivity index (χ3n) is 5.30. The summed E-state index contributed by atoms with van der Waals surface area (Å²) in [6, 6.07) is 8.46. The highest BCUT2D eigenvalue weighted by molar-refractivity contribution is 7.89. The van der Waals surface area contributed by atoms with E-state index in [1.54, 1.807) is 36.1 Å². The average Bonchev–Trinajstić information content (AvgIpc) is 2.74. The van der Waals surface area contributed by atoms with Gasteiger partial charge in [0.1, 0.15) is 0 Å². The number of piperazine rings is 1. The molecule has 7 nitrogen and oxygen atoms in total. The minimum absolute atomic E-state index is 0.102. The largest absolute Gasteiger partial charge is 0.493 e. The molecule has 1 saturated heterocycles. The molecule has 1 aliphatic heterocycles. The number of aryl methyl sites for hydroxylation is 2. The SMILES string of the molecule is COc1cc(C(=O)N2CCN(S(=O)(=O)c3ccc(C)cc3C)CC2)cc(Cl)c1OC(C)C. The number of methoxy groups -OCH3 is 1. The van der Waals surface area contributed by atoms with Crippen molar-refractivity contribution < 1.29 is 22.7 Å². The van der Waals surface area contributed by atoms with Gasteiger partial charge in [-0.25, -0.2) is 8.42 Å². The number of hydrogen-bond acceptors (Lipinski definition) is 5. The molecule has 0 aromatic heterocycles. The van der Waals surface area contributed by atoms with E-state index >= 15 is 0 Å². The first kappa shape index (κ1) is 24.4. The summed E-state index contributed by atoms with van der Waals surface area (Å²) in [4.78, 5) is 15.0. The highest BCUT2D eigenvalue weighted by Crippen LogP contribution is 2.37. The van der Waals surface area contributed by atoms with E-state index in [1.807, 2.05) is 26.8 Å². The van der Waals surface area contributed by atoms with Crippen LogP contribution in [0.3, 0.4) is 0 Å². The minimum Gasteiger partial charge on any atom is -0.493 e. The zero-order valence-corrected chi connectivity index (χ0v) is 20.6. The van der Waals surface area contributed by atoms with E-state index in [4.69, 9.17) is 21.1 Å². The lowest BCUT2D eigenvalue weighted by atomic mass is 10.1. The standard InChI is InChI=1S/C23H29ClN2O5S/c1-15(2)31-22-19(24)13-18(14-20(22)30-5)23(27)25-8-10-26(11-9-25)32(28,29)21-7-6-16(3)12-17(21)4/h6-7,12-15H,8-11H2,1-5H3. The molecule has 1 heterocycles. The van der Waals surface area contributed by atoms with Crippen molar-refractivity contribution in [2.75, 3.05) is 33.3 Å². The second kappa shape index (κ2) is 9.68. The van der Waals surface area contributed by atoms with Crippen LogP contribution in [0.2, 0.25) is 5.02 Å². The van der Waals surface area contributed by atoms with Gasteiger partial charge >= 0.3 is 0 Å². The van der Waals surface area contributed by atoms with Gasteiger partial charge in [0.2, 0.25) is 10.0 Å². The van der Waals surface area contributed by atoms with Gasteiger partial charge in [0, 0.05) is 31.7 Å². The third-order valence-corrected chi connectivity index (χ3v) is 7.64. The Balaban J connectivity index is 1.75. The molecule has 32 heavy (non-hydrogen) atoms. The van der Waals surface area contributed by atoms with Gasteiger partial charge in [-0.2, -0.15) is 4.31 Å². The first-order valence-electron chi connectivity index (χ1n) is 10.5. The first-order valence-corrected chi connectivity index (χ1v) is 12.3. The average molecular weight is 481 g/mol. The van der Waals surface area contributed by atoms with Crippen LogP contribution in [0.15, 0.2) is 35.2 Å². The zero-order valence-electron chi connectivity index (χ0n) is 19.0. The molecular formula is C23H29ClN2O5S. The summed E-state index contributed by atoms with van der Waals surface area (Å²) >= 11 is 6.35. The van der Waals surface area contributed by atoms with Crippen LogP contribution in [0.25, 0.3) is 0 Å². The van der Waals surface area contributed by atoms with Crippen LogP contribution in [0.1, 0.15) is 35.3 Å². The molecule has 1 fully saturated rings. The van der Waals surface area contributed by atoms with Crippen molar-refractivity contribution in [1.82, 2.24) is 9.21 Å². The van der Waals surface area contributed by atoms with Gasteiger partial charge in [-0.15, -0.1) is 0 Å². The van der Waals surface area contributed by atoms with Gasteiger partial charge in [-0.3, -0.25) is 4.79 Å². The van der Waals surface area contributed by atoms with Gasteiger partial charge in [0.25, 0.3) is 5.91 Å². The number of nitrogens with zero attached hydrogens (tertiary/aromatic N) is 2. The first-order chi connectivity index (χ1) is 15.0. The molecule has 0 N–H and O–H groups in total. The van der Waals surface area contributed by atoms with E-state index in [-0.39, 0.29) is 43.2 Å².